The van der Waals surface area contributed by atoms with Gasteiger partial charge in [0.15, 0.2) is 4.34 Å². The van der Waals surface area contributed by atoms with E-state index in [1.165, 1.54) is 36.1 Å². The smallest absolute Gasteiger partial charge is 0.308 e. The minimum absolute atomic E-state index is 0.0417. The molecule has 2 rings (SSSR count). The van der Waals surface area contributed by atoms with E-state index in [0.717, 1.165) is 19.1 Å². The van der Waals surface area contributed by atoms with Crippen LogP contribution in [-0.2, 0) is 15.3 Å². The lowest BCUT2D eigenvalue weighted by Gasteiger charge is -2.09. The molecule has 0 fully saturated rings. The largest absolute Gasteiger partial charge is 0.464 e. The fourth-order valence-electron chi connectivity index (χ4n) is 2.06. The van der Waals surface area contributed by atoms with E-state index in [9.17, 15) is 14.4 Å². The van der Waals surface area contributed by atoms with E-state index in [-0.39, 0.29) is 17.6 Å². The lowest BCUT2D eigenvalue weighted by atomic mass is 10.0. The van der Waals surface area contributed by atoms with E-state index in [2.05, 4.69) is 15.5 Å². The molecule has 0 saturated heterocycles. The Morgan fingerprint density at radius 2 is 2.08 bits per heavy atom. The number of ether oxygens (including phenoxy) is 1. The van der Waals surface area contributed by atoms with Gasteiger partial charge in [0.1, 0.15) is 12.0 Å². The number of rotatable bonds is 8. The van der Waals surface area contributed by atoms with Crippen molar-refractivity contribution < 1.29 is 18.7 Å². The molecule has 2 heterocycles. The van der Waals surface area contributed by atoms with Gasteiger partial charge in [0, 0.05) is 18.9 Å². The van der Waals surface area contributed by atoms with Crippen LogP contribution in [0.3, 0.4) is 0 Å². The molecular formula is C16H19N3O5S2. The van der Waals surface area contributed by atoms with Crippen LogP contribution in [0.2, 0.25) is 0 Å². The zero-order valence-electron chi connectivity index (χ0n) is 14.6. The average Bonchev–Trinajstić information content (AvgIpc) is 3.03. The number of carbonyl (C=O) groups is 2. The molecule has 8 nitrogen and oxygen atoms in total. The third-order valence-corrected chi connectivity index (χ3v) is 5.43. The third kappa shape index (κ3) is 5.67. The number of anilines is 1. The van der Waals surface area contributed by atoms with Crippen LogP contribution in [0.15, 0.2) is 25.9 Å². The highest BCUT2D eigenvalue weighted by atomic mass is 32.2. The summed E-state index contributed by atoms with van der Waals surface area (Å²) in [7, 11) is 0. The maximum absolute atomic E-state index is 12.0. The molecule has 0 radical (unpaired) electrons. The van der Waals surface area contributed by atoms with Crippen molar-refractivity contribution in [3.63, 3.8) is 0 Å². The Labute approximate surface area is 158 Å². The second-order valence-electron chi connectivity index (χ2n) is 5.33. The first kappa shape index (κ1) is 20.1. The summed E-state index contributed by atoms with van der Waals surface area (Å²) in [5.74, 6) is -0.0710. The molecule has 0 aliphatic heterocycles. The predicted octanol–water partition coefficient (Wildman–Crippen LogP) is 3.08. The topological polar surface area (TPSA) is 111 Å². The molecule has 1 N–H and O–H groups in total. The quantitative estimate of drug-likeness (QED) is 0.411. The highest BCUT2D eigenvalue weighted by Gasteiger charge is 2.16. The number of hydrogen-bond donors (Lipinski definition) is 1. The molecule has 0 aliphatic rings. The molecule has 0 spiro atoms. The number of nitrogens with one attached hydrogen (secondary N) is 1. The highest BCUT2D eigenvalue weighted by molar-refractivity contribution is 8.00. The van der Waals surface area contributed by atoms with Gasteiger partial charge in [-0.15, -0.1) is 10.2 Å². The van der Waals surface area contributed by atoms with Crippen LogP contribution >= 0.6 is 23.1 Å². The van der Waals surface area contributed by atoms with Crippen molar-refractivity contribution in [1.82, 2.24) is 10.2 Å². The zero-order valence-corrected chi connectivity index (χ0v) is 16.2. The number of hydrogen-bond acceptors (Lipinski definition) is 9. The van der Waals surface area contributed by atoms with Crippen molar-refractivity contribution >= 4 is 40.1 Å². The summed E-state index contributed by atoms with van der Waals surface area (Å²) < 4.78 is 10.6. The molecule has 10 heteroatoms. The Bertz CT molecular complexity index is 829. The summed E-state index contributed by atoms with van der Waals surface area (Å²) in [6.45, 7) is 5.14. The first-order valence-electron chi connectivity index (χ1n) is 8.00. The molecule has 0 unspecified atom stereocenters. The molecule has 0 aliphatic carbocycles. The van der Waals surface area contributed by atoms with Gasteiger partial charge in [0.05, 0.1) is 5.75 Å². The predicted molar refractivity (Wildman–Crippen MR) is 98.5 cm³/mol. The second-order valence-corrected chi connectivity index (χ2v) is 7.53. The van der Waals surface area contributed by atoms with Crippen molar-refractivity contribution in [1.29, 1.82) is 0 Å². The first-order valence-corrected chi connectivity index (χ1v) is 9.80. The van der Waals surface area contributed by atoms with Gasteiger partial charge < -0.3 is 14.5 Å². The first-order chi connectivity index (χ1) is 12.4. The van der Waals surface area contributed by atoms with E-state index in [0.29, 0.717) is 21.0 Å². The summed E-state index contributed by atoms with van der Waals surface area (Å²) in [6.07, 6.45) is 2.65. The van der Waals surface area contributed by atoms with Crippen LogP contribution in [0, 0.1) is 5.92 Å². The van der Waals surface area contributed by atoms with Crippen LogP contribution in [0.5, 0.6) is 5.75 Å². The van der Waals surface area contributed by atoms with E-state index in [1.54, 1.807) is 0 Å². The summed E-state index contributed by atoms with van der Waals surface area (Å²) in [4.78, 5) is 34.7. The van der Waals surface area contributed by atoms with E-state index < -0.39 is 11.4 Å². The van der Waals surface area contributed by atoms with Crippen LogP contribution in [0.4, 0.5) is 5.13 Å². The van der Waals surface area contributed by atoms with Crippen molar-refractivity contribution in [3.05, 3.63) is 28.3 Å². The van der Waals surface area contributed by atoms with Gasteiger partial charge in [-0.1, -0.05) is 36.9 Å². The van der Waals surface area contributed by atoms with Crippen LogP contribution < -0.4 is 15.5 Å². The van der Waals surface area contributed by atoms with E-state index >= 15 is 0 Å². The second kappa shape index (κ2) is 9.48. The summed E-state index contributed by atoms with van der Waals surface area (Å²) in [5, 5.41) is 11.2. The van der Waals surface area contributed by atoms with E-state index in [4.69, 9.17) is 9.15 Å². The molecule has 0 bridgehead atoms. The van der Waals surface area contributed by atoms with Crippen molar-refractivity contribution in [2.45, 2.75) is 43.7 Å². The van der Waals surface area contributed by atoms with E-state index in [1.807, 2.05) is 13.8 Å². The maximum atomic E-state index is 12.0. The summed E-state index contributed by atoms with van der Waals surface area (Å²) in [5.41, 5.74) is -0.433. The van der Waals surface area contributed by atoms with Crippen LogP contribution in [-0.4, -0.2) is 22.1 Å². The van der Waals surface area contributed by atoms with Gasteiger partial charge >= 0.3 is 5.97 Å². The molecule has 0 aromatic carbocycles. The van der Waals surface area contributed by atoms with Gasteiger partial charge in [0.2, 0.25) is 22.2 Å². The molecule has 26 heavy (non-hydrogen) atoms. The fourth-order valence-corrected chi connectivity index (χ4v) is 3.71. The molecule has 0 atom stereocenters. The zero-order chi connectivity index (χ0) is 19.1. The SMILES string of the molecule is CCC(CC)C(=O)Nc1nnc(SCc2cc(=O)c(OC(C)=O)co2)s1. The third-order valence-electron chi connectivity index (χ3n) is 3.44. The Balaban J connectivity index is 1.93. The average molecular weight is 397 g/mol. The monoisotopic (exact) mass is 397 g/mol. The molecule has 0 saturated carbocycles. The molecule has 2 aromatic rings. The number of carbonyl (C=O) groups excluding carboxylic acids is 2. The number of thioether (sulfide) groups is 1. The number of esters is 1. The lowest BCUT2D eigenvalue weighted by Crippen LogP contribution is -2.21. The molecule has 2 aromatic heterocycles. The molecule has 140 valence electrons. The fraction of sp³-hybridized carbons (Fsp3) is 0.438. The van der Waals surface area contributed by atoms with Crippen LogP contribution in [0.25, 0.3) is 0 Å². The van der Waals surface area contributed by atoms with Crippen molar-refractivity contribution in [2.24, 2.45) is 5.92 Å². The van der Waals surface area contributed by atoms with Crippen molar-refractivity contribution in [2.75, 3.05) is 5.32 Å². The van der Waals surface area contributed by atoms with Gasteiger partial charge in [-0.05, 0) is 12.8 Å². The number of aromatic nitrogens is 2. The lowest BCUT2D eigenvalue weighted by molar-refractivity contribution is -0.132. The Morgan fingerprint density at radius 3 is 2.69 bits per heavy atom. The molecular weight excluding hydrogens is 378 g/mol. The Hall–Kier alpha value is -2.20. The minimum atomic E-state index is -0.587. The van der Waals surface area contributed by atoms with Gasteiger partial charge in [-0.3, -0.25) is 14.4 Å². The highest BCUT2D eigenvalue weighted by Crippen LogP contribution is 2.28. The number of amides is 1. The molecule has 1 amide bonds. The minimum Gasteiger partial charge on any atom is -0.464 e. The Kier molecular flexibility index (Phi) is 7.34. The number of nitrogens with zero attached hydrogens (tertiary/aromatic N) is 2. The van der Waals surface area contributed by atoms with Gasteiger partial charge in [-0.25, -0.2) is 0 Å². The summed E-state index contributed by atoms with van der Waals surface area (Å²) >= 11 is 2.58. The van der Waals surface area contributed by atoms with Crippen LogP contribution in [0.1, 0.15) is 39.4 Å². The normalized spacial score (nSPS) is 10.8. The van der Waals surface area contributed by atoms with Gasteiger partial charge in [0.25, 0.3) is 0 Å². The maximum Gasteiger partial charge on any atom is 0.308 e. The standard InChI is InChI=1S/C16H19N3O5S2/c1-4-10(5-2)14(22)17-15-18-19-16(26-15)25-8-11-6-12(21)13(7-23-11)24-9(3)20/h6-7,10H,4-5,8H2,1-3H3,(H,17,18,22). The van der Waals surface area contributed by atoms with Crippen molar-refractivity contribution in [3.8, 4) is 5.75 Å². The van der Waals surface area contributed by atoms with Gasteiger partial charge in [-0.2, -0.15) is 0 Å². The Morgan fingerprint density at radius 1 is 1.35 bits per heavy atom. The summed E-state index contributed by atoms with van der Waals surface area (Å²) in [6, 6.07) is 1.27.